The molecule has 0 radical (unpaired) electrons. The maximum absolute atomic E-state index is 13.8. The maximum Gasteiger partial charge on any atom is 0.354 e. The van der Waals surface area contributed by atoms with Crippen LogP contribution in [-0.2, 0) is 25.9 Å². The molecule has 4 aromatic rings. The molecule has 0 aliphatic carbocycles. The first-order valence-corrected chi connectivity index (χ1v) is 16.4. The molecule has 0 heterocycles. The van der Waals surface area contributed by atoms with Crippen LogP contribution in [0.2, 0.25) is 0 Å². The van der Waals surface area contributed by atoms with Gasteiger partial charge in [-0.05, 0) is 47.1 Å². The van der Waals surface area contributed by atoms with Crippen LogP contribution in [0, 0.1) is 0 Å². The van der Waals surface area contributed by atoms with Gasteiger partial charge >= 0.3 is 13.6 Å². The van der Waals surface area contributed by atoms with Gasteiger partial charge in [-0.15, -0.1) is 0 Å². The fourth-order valence-electron chi connectivity index (χ4n) is 5.36. The number of unbranched alkanes of at least 4 members (excludes halogenated alkanes) is 3. The van der Waals surface area contributed by atoms with Gasteiger partial charge in [-0.2, -0.15) is 0 Å². The van der Waals surface area contributed by atoms with Crippen LogP contribution in [-0.4, -0.2) is 39.4 Å². The molecule has 5 N–H and O–H groups in total. The zero-order valence-corrected chi connectivity index (χ0v) is 25.4. The smallest absolute Gasteiger partial charge is 0.354 e. The minimum Gasteiger partial charge on any atom is -0.481 e. The Morgan fingerprint density at radius 3 is 1.70 bits per heavy atom. The summed E-state index contributed by atoms with van der Waals surface area (Å²) in [5.74, 6) is -1.21. The number of amides is 1. The van der Waals surface area contributed by atoms with Crippen molar-refractivity contribution >= 4 is 19.5 Å². The van der Waals surface area contributed by atoms with E-state index in [1.807, 2.05) is 54.6 Å². The molecule has 4 rings (SSSR count). The number of carboxylic acids is 1. The van der Waals surface area contributed by atoms with E-state index >= 15 is 0 Å². The third-order valence-electron chi connectivity index (χ3n) is 7.64. The summed E-state index contributed by atoms with van der Waals surface area (Å²) in [6, 6.07) is 33.7. The van der Waals surface area contributed by atoms with Crippen molar-refractivity contribution in [2.45, 2.75) is 49.8 Å². The summed E-state index contributed by atoms with van der Waals surface area (Å²) in [7, 11) is -4.99. The maximum atomic E-state index is 13.8. The fourth-order valence-corrected chi connectivity index (χ4v) is 6.66. The summed E-state index contributed by atoms with van der Waals surface area (Å²) in [6.07, 6.45) is 3.02. The molecule has 1 atom stereocenters. The molecule has 44 heavy (non-hydrogen) atoms. The molecule has 4 aromatic carbocycles. The van der Waals surface area contributed by atoms with Crippen molar-refractivity contribution in [3.05, 3.63) is 132 Å². The first kappa shape index (κ1) is 32.8. The predicted octanol–water partition coefficient (Wildman–Crippen LogP) is 6.08. The topological polar surface area (TPSA) is 136 Å². The summed E-state index contributed by atoms with van der Waals surface area (Å²) in [5, 5.41) is 13.0. The second kappa shape index (κ2) is 15.6. The largest absolute Gasteiger partial charge is 0.481 e. The van der Waals surface area contributed by atoms with Crippen LogP contribution in [0.15, 0.2) is 115 Å². The van der Waals surface area contributed by atoms with Crippen molar-refractivity contribution in [1.29, 1.82) is 0 Å². The first-order valence-electron chi connectivity index (χ1n) is 14.8. The van der Waals surface area contributed by atoms with Crippen molar-refractivity contribution in [3.8, 4) is 11.1 Å². The van der Waals surface area contributed by atoms with Gasteiger partial charge in [0, 0.05) is 13.0 Å². The van der Waals surface area contributed by atoms with Crippen LogP contribution in [0.4, 0.5) is 0 Å². The van der Waals surface area contributed by atoms with Crippen LogP contribution in [0.25, 0.3) is 11.1 Å². The molecule has 8 nitrogen and oxygen atoms in total. The van der Waals surface area contributed by atoms with Crippen molar-refractivity contribution < 1.29 is 29.0 Å². The average molecular weight is 615 g/mol. The van der Waals surface area contributed by atoms with Crippen LogP contribution >= 0.6 is 7.60 Å². The van der Waals surface area contributed by atoms with E-state index in [1.165, 1.54) is 0 Å². The molecule has 0 saturated heterocycles. The van der Waals surface area contributed by atoms with E-state index in [2.05, 4.69) is 10.6 Å². The highest BCUT2D eigenvalue weighted by Crippen LogP contribution is 2.59. The van der Waals surface area contributed by atoms with Gasteiger partial charge in [0.15, 0.2) is 5.28 Å². The van der Waals surface area contributed by atoms with Gasteiger partial charge in [-0.3, -0.25) is 19.5 Å². The number of benzene rings is 4. The van der Waals surface area contributed by atoms with E-state index in [0.717, 1.165) is 29.5 Å². The van der Waals surface area contributed by atoms with E-state index in [9.17, 15) is 23.9 Å². The molecule has 9 heteroatoms. The number of carbonyl (C=O) groups is 2. The number of aliphatic carboxylic acids is 1. The minimum absolute atomic E-state index is 0.116. The van der Waals surface area contributed by atoms with Gasteiger partial charge in [0.25, 0.3) is 0 Å². The number of hydrogen-bond acceptors (Lipinski definition) is 4. The lowest BCUT2D eigenvalue weighted by Crippen LogP contribution is -2.55. The Morgan fingerprint density at radius 1 is 0.682 bits per heavy atom. The molecular weight excluding hydrogens is 575 g/mol. The normalized spacial score (nSPS) is 12.4. The molecule has 0 fully saturated rings. The van der Waals surface area contributed by atoms with Gasteiger partial charge in [0.05, 0.1) is 6.04 Å². The highest BCUT2D eigenvalue weighted by atomic mass is 31.2. The number of carboxylic acid groups (broad SMARTS) is 1. The third-order valence-corrected chi connectivity index (χ3v) is 9.16. The van der Waals surface area contributed by atoms with E-state index < -0.39 is 24.9 Å². The van der Waals surface area contributed by atoms with Crippen molar-refractivity contribution in [2.75, 3.05) is 6.54 Å². The molecule has 0 aromatic heterocycles. The summed E-state index contributed by atoms with van der Waals surface area (Å²) < 4.78 is 13.5. The van der Waals surface area contributed by atoms with Crippen molar-refractivity contribution in [2.24, 2.45) is 0 Å². The van der Waals surface area contributed by atoms with Crippen molar-refractivity contribution in [1.82, 2.24) is 10.6 Å². The fraction of sp³-hybridized carbons (Fsp3) is 0.257. The zero-order chi connectivity index (χ0) is 31.4. The highest BCUT2D eigenvalue weighted by molar-refractivity contribution is 7.53. The number of carbonyl (C=O) groups excluding carboxylic acids is 1. The summed E-state index contributed by atoms with van der Waals surface area (Å²) in [4.78, 5) is 46.5. The Morgan fingerprint density at radius 2 is 1.18 bits per heavy atom. The third kappa shape index (κ3) is 8.52. The molecule has 1 unspecified atom stereocenters. The lowest BCUT2D eigenvalue weighted by atomic mass is 9.94. The van der Waals surface area contributed by atoms with E-state index in [4.69, 9.17) is 5.11 Å². The monoisotopic (exact) mass is 614 g/mol. The lowest BCUT2D eigenvalue weighted by molar-refractivity contribution is -0.137. The van der Waals surface area contributed by atoms with Crippen molar-refractivity contribution in [3.63, 3.8) is 0 Å². The van der Waals surface area contributed by atoms with Gasteiger partial charge < -0.3 is 20.2 Å². The van der Waals surface area contributed by atoms with Gasteiger partial charge in [0.1, 0.15) is 0 Å². The Bertz CT molecular complexity index is 1490. The van der Waals surface area contributed by atoms with Crippen LogP contribution in [0.1, 0.15) is 48.8 Å². The summed E-state index contributed by atoms with van der Waals surface area (Å²) in [6.45, 7) is 0.358. The Balaban J connectivity index is 1.64. The quantitative estimate of drug-likeness (QED) is 0.0762. The van der Waals surface area contributed by atoms with Gasteiger partial charge in [-0.1, -0.05) is 128 Å². The Hall–Kier alpha value is -4.07. The zero-order valence-electron chi connectivity index (χ0n) is 24.5. The van der Waals surface area contributed by atoms with E-state index in [-0.39, 0.29) is 18.7 Å². The predicted molar refractivity (Wildman–Crippen MR) is 172 cm³/mol. The first-order chi connectivity index (χ1) is 21.2. The molecule has 230 valence electrons. The minimum atomic E-state index is -4.99. The van der Waals surface area contributed by atoms with Crippen LogP contribution < -0.4 is 10.6 Å². The number of hydrogen-bond donors (Lipinski definition) is 5. The lowest BCUT2D eigenvalue weighted by Gasteiger charge is -2.39. The molecular formula is C35H39N2O6P. The second-order valence-electron chi connectivity index (χ2n) is 10.8. The van der Waals surface area contributed by atoms with E-state index in [1.54, 1.807) is 60.7 Å². The molecule has 0 saturated carbocycles. The Labute approximate surface area is 258 Å². The molecule has 0 aliphatic rings. The molecule has 0 bridgehead atoms. The highest BCUT2D eigenvalue weighted by Gasteiger charge is 2.51. The second-order valence-corrected chi connectivity index (χ2v) is 12.6. The standard InChI is InChI=1S/C35H39N2O6P/c38-33(39)20-12-1-2-13-25-36-34(40)32(26-27-21-23-29(24-22-27)28-14-6-3-7-15-28)37-35(44(41,42)43,30-16-8-4-9-17-30)31-18-10-5-11-19-31/h3-11,14-19,21-24,32,37H,1-2,12-13,20,25-26H2,(H,36,40)(H,38,39)(H2,41,42,43). The number of rotatable bonds is 16. The summed E-state index contributed by atoms with van der Waals surface area (Å²) in [5.41, 5.74) is 3.59. The van der Waals surface area contributed by atoms with Crippen LogP contribution in [0.3, 0.4) is 0 Å². The SMILES string of the molecule is O=C(O)CCCCCCNC(=O)C(Cc1ccc(-c2ccccc2)cc1)NC(c1ccccc1)(c1ccccc1)P(=O)(O)O. The van der Waals surface area contributed by atoms with Gasteiger partial charge in [0.2, 0.25) is 5.91 Å². The molecule has 0 spiro atoms. The molecule has 1 amide bonds. The average Bonchev–Trinajstić information content (AvgIpc) is 3.03. The summed E-state index contributed by atoms with van der Waals surface area (Å²) >= 11 is 0. The Kier molecular flexibility index (Phi) is 11.6. The molecule has 0 aliphatic heterocycles. The number of nitrogens with one attached hydrogen (secondary N) is 2. The van der Waals surface area contributed by atoms with Crippen LogP contribution in [0.5, 0.6) is 0 Å². The van der Waals surface area contributed by atoms with E-state index in [0.29, 0.717) is 30.5 Å². The van der Waals surface area contributed by atoms with Gasteiger partial charge in [-0.25, -0.2) is 0 Å².